The Kier molecular flexibility index (Phi) is 2.73. The molecular weight excluding hydrogens is 244 g/mol. The molecule has 2 aromatic carbocycles. The van der Waals surface area contributed by atoms with Gasteiger partial charge >= 0.3 is 0 Å². The molecule has 1 heteroatoms. The molecule has 2 aliphatic carbocycles. The predicted molar refractivity (Wildman–Crippen MR) is 80.0 cm³/mol. The molecule has 0 saturated carbocycles. The van der Waals surface area contributed by atoms with Crippen LogP contribution in [0.3, 0.4) is 0 Å². The molecule has 2 aliphatic rings. The maximum absolute atomic E-state index is 12.9. The van der Waals surface area contributed by atoms with Crippen LogP contribution in [0.2, 0.25) is 0 Å². The second kappa shape index (κ2) is 4.59. The van der Waals surface area contributed by atoms with Crippen LogP contribution in [0.1, 0.15) is 46.9 Å². The number of Topliss-reactive ketones (excluding diaryl/α,β-unsaturated/α-hetero) is 1. The molecule has 20 heavy (non-hydrogen) atoms. The average molecular weight is 262 g/mol. The lowest BCUT2D eigenvalue weighted by Gasteiger charge is -2.34. The molecule has 0 spiro atoms. The van der Waals surface area contributed by atoms with Crippen LogP contribution < -0.4 is 0 Å². The van der Waals surface area contributed by atoms with Crippen LogP contribution in [0.25, 0.3) is 0 Å². The average Bonchev–Trinajstić information content (AvgIpc) is 2.48. The standard InChI is InChI=1S/C19H18O/c20-19(18-12-14-7-2-4-10-16(14)18)17-11-5-8-13-6-1-3-9-15(13)17/h1-4,6-7,9-10,17-18H,5,8,11-12H2. The van der Waals surface area contributed by atoms with E-state index in [1.165, 1.54) is 22.3 Å². The Hall–Kier alpha value is -1.89. The van der Waals surface area contributed by atoms with Gasteiger partial charge in [-0.3, -0.25) is 4.79 Å². The van der Waals surface area contributed by atoms with E-state index in [1.807, 2.05) is 6.07 Å². The van der Waals surface area contributed by atoms with Gasteiger partial charge in [0, 0.05) is 11.8 Å². The van der Waals surface area contributed by atoms with Crippen molar-refractivity contribution in [1.29, 1.82) is 0 Å². The number of carbonyl (C=O) groups excluding carboxylic acids is 1. The quantitative estimate of drug-likeness (QED) is 0.799. The molecular formula is C19H18O. The molecule has 0 amide bonds. The first-order valence-corrected chi connectivity index (χ1v) is 7.54. The van der Waals surface area contributed by atoms with E-state index in [4.69, 9.17) is 0 Å². The summed E-state index contributed by atoms with van der Waals surface area (Å²) in [7, 11) is 0. The number of benzene rings is 2. The minimum Gasteiger partial charge on any atom is -0.298 e. The van der Waals surface area contributed by atoms with Crippen molar-refractivity contribution in [1.82, 2.24) is 0 Å². The molecule has 0 aromatic heterocycles. The normalized spacial score (nSPS) is 23.4. The zero-order valence-electron chi connectivity index (χ0n) is 11.5. The topological polar surface area (TPSA) is 17.1 Å². The smallest absolute Gasteiger partial charge is 0.148 e. The zero-order chi connectivity index (χ0) is 13.5. The van der Waals surface area contributed by atoms with Crippen LogP contribution in [-0.2, 0) is 17.6 Å². The molecule has 0 N–H and O–H groups in total. The largest absolute Gasteiger partial charge is 0.298 e. The molecule has 0 radical (unpaired) electrons. The molecule has 0 aliphatic heterocycles. The highest BCUT2D eigenvalue weighted by molar-refractivity contribution is 5.94. The van der Waals surface area contributed by atoms with Crippen molar-refractivity contribution >= 4 is 5.78 Å². The first-order chi connectivity index (χ1) is 9.84. The number of hydrogen-bond acceptors (Lipinski definition) is 1. The van der Waals surface area contributed by atoms with Crippen LogP contribution in [-0.4, -0.2) is 5.78 Å². The Morgan fingerprint density at radius 3 is 2.30 bits per heavy atom. The molecule has 2 unspecified atom stereocenters. The summed E-state index contributed by atoms with van der Waals surface area (Å²) in [4.78, 5) is 12.9. The maximum Gasteiger partial charge on any atom is 0.148 e. The first-order valence-electron chi connectivity index (χ1n) is 7.54. The van der Waals surface area contributed by atoms with Crippen molar-refractivity contribution in [2.75, 3.05) is 0 Å². The monoisotopic (exact) mass is 262 g/mol. The molecule has 4 rings (SSSR count). The highest BCUT2D eigenvalue weighted by Gasteiger charge is 2.37. The summed E-state index contributed by atoms with van der Waals surface area (Å²) in [6, 6.07) is 16.9. The lowest BCUT2D eigenvalue weighted by molar-refractivity contribution is -0.122. The molecule has 2 atom stereocenters. The van der Waals surface area contributed by atoms with Gasteiger partial charge < -0.3 is 0 Å². The Balaban J connectivity index is 1.66. The number of rotatable bonds is 2. The summed E-state index contributed by atoms with van der Waals surface area (Å²) < 4.78 is 0. The molecule has 0 bridgehead atoms. The van der Waals surface area contributed by atoms with Crippen molar-refractivity contribution in [2.45, 2.75) is 37.5 Å². The third-order valence-electron chi connectivity index (χ3n) is 4.91. The van der Waals surface area contributed by atoms with E-state index in [1.54, 1.807) is 0 Å². The Morgan fingerprint density at radius 2 is 1.50 bits per heavy atom. The van der Waals surface area contributed by atoms with Crippen LogP contribution in [0.4, 0.5) is 0 Å². The van der Waals surface area contributed by atoms with Gasteiger partial charge in [-0.15, -0.1) is 0 Å². The van der Waals surface area contributed by atoms with E-state index in [-0.39, 0.29) is 11.8 Å². The predicted octanol–water partition coefficient (Wildman–Crippen LogP) is 4.02. The maximum atomic E-state index is 12.9. The second-order valence-electron chi connectivity index (χ2n) is 6.00. The van der Waals surface area contributed by atoms with Gasteiger partial charge in [-0.1, -0.05) is 48.5 Å². The highest BCUT2D eigenvalue weighted by atomic mass is 16.1. The Bertz CT molecular complexity index is 671. The number of hydrogen-bond donors (Lipinski definition) is 0. The van der Waals surface area contributed by atoms with Crippen LogP contribution in [0.5, 0.6) is 0 Å². The Morgan fingerprint density at radius 1 is 0.850 bits per heavy atom. The molecule has 0 saturated heterocycles. The van der Waals surface area contributed by atoms with Gasteiger partial charge in [0.25, 0.3) is 0 Å². The van der Waals surface area contributed by atoms with E-state index in [2.05, 4.69) is 42.5 Å². The lowest BCUT2D eigenvalue weighted by Crippen LogP contribution is -2.31. The number of ketones is 1. The van der Waals surface area contributed by atoms with Gasteiger partial charge in [0.05, 0.1) is 0 Å². The summed E-state index contributed by atoms with van der Waals surface area (Å²) in [5.41, 5.74) is 5.29. The highest BCUT2D eigenvalue weighted by Crippen LogP contribution is 2.42. The molecule has 2 aromatic rings. The van der Waals surface area contributed by atoms with Crippen molar-refractivity contribution in [3.05, 3.63) is 70.8 Å². The summed E-state index contributed by atoms with van der Waals surface area (Å²) in [6.45, 7) is 0. The van der Waals surface area contributed by atoms with Crippen molar-refractivity contribution in [3.8, 4) is 0 Å². The van der Waals surface area contributed by atoms with E-state index in [9.17, 15) is 4.79 Å². The SMILES string of the molecule is O=C(C1CCCc2ccccc21)C1Cc2ccccc21. The van der Waals surface area contributed by atoms with Gasteiger partial charge in [-0.25, -0.2) is 0 Å². The molecule has 1 nitrogen and oxygen atoms in total. The van der Waals surface area contributed by atoms with Crippen LogP contribution in [0, 0.1) is 0 Å². The second-order valence-corrected chi connectivity index (χ2v) is 6.00. The van der Waals surface area contributed by atoms with Crippen molar-refractivity contribution in [3.63, 3.8) is 0 Å². The molecule has 100 valence electrons. The summed E-state index contributed by atoms with van der Waals surface area (Å²) in [6.07, 6.45) is 4.23. The van der Waals surface area contributed by atoms with E-state index in [0.717, 1.165) is 25.7 Å². The first kappa shape index (κ1) is 11.9. The zero-order valence-corrected chi connectivity index (χ0v) is 11.5. The molecule has 0 fully saturated rings. The van der Waals surface area contributed by atoms with Crippen LogP contribution in [0.15, 0.2) is 48.5 Å². The summed E-state index contributed by atoms with van der Waals surface area (Å²) in [5.74, 6) is 0.705. The minimum absolute atomic E-state index is 0.123. The van der Waals surface area contributed by atoms with E-state index < -0.39 is 0 Å². The fourth-order valence-corrected chi connectivity index (χ4v) is 3.80. The van der Waals surface area contributed by atoms with E-state index >= 15 is 0 Å². The van der Waals surface area contributed by atoms with Gasteiger partial charge in [0.1, 0.15) is 5.78 Å². The fourth-order valence-electron chi connectivity index (χ4n) is 3.80. The van der Waals surface area contributed by atoms with Crippen molar-refractivity contribution in [2.24, 2.45) is 0 Å². The Labute approximate surface area is 119 Å². The third-order valence-corrected chi connectivity index (χ3v) is 4.91. The van der Waals surface area contributed by atoms with Gasteiger partial charge in [-0.05, 0) is 47.9 Å². The number of aryl methyl sites for hydroxylation is 1. The third kappa shape index (κ3) is 1.73. The van der Waals surface area contributed by atoms with Crippen molar-refractivity contribution < 1.29 is 4.79 Å². The van der Waals surface area contributed by atoms with E-state index in [0.29, 0.717) is 5.78 Å². The fraction of sp³-hybridized carbons (Fsp3) is 0.316. The molecule has 0 heterocycles. The van der Waals surface area contributed by atoms with Gasteiger partial charge in [0.2, 0.25) is 0 Å². The summed E-state index contributed by atoms with van der Waals surface area (Å²) >= 11 is 0. The van der Waals surface area contributed by atoms with Gasteiger partial charge in [0.15, 0.2) is 0 Å². The van der Waals surface area contributed by atoms with Gasteiger partial charge in [-0.2, -0.15) is 0 Å². The van der Waals surface area contributed by atoms with Crippen LogP contribution >= 0.6 is 0 Å². The lowest BCUT2D eigenvalue weighted by atomic mass is 9.68. The minimum atomic E-state index is 0.123. The number of carbonyl (C=O) groups is 1. The number of fused-ring (bicyclic) bond motifs is 2. The summed E-state index contributed by atoms with van der Waals surface area (Å²) in [5, 5.41) is 0.